The number of hydrogen-bond acceptors (Lipinski definition) is 4. The van der Waals surface area contributed by atoms with Gasteiger partial charge in [0.15, 0.2) is 5.96 Å². The topological polar surface area (TPSA) is 91.6 Å². The van der Waals surface area contributed by atoms with E-state index in [-0.39, 0.29) is 29.7 Å². The van der Waals surface area contributed by atoms with Gasteiger partial charge in [0.2, 0.25) is 10.0 Å². The van der Waals surface area contributed by atoms with Crippen molar-refractivity contribution in [1.82, 2.24) is 24.7 Å². The number of hydrogen-bond donors (Lipinski definition) is 2. The molecule has 0 aliphatic carbocycles. The number of sulfonamides is 1. The predicted octanol–water partition coefficient (Wildman–Crippen LogP) is 1.87. The highest BCUT2D eigenvalue weighted by Crippen LogP contribution is 2.08. The normalized spacial score (nSPS) is 11.9. The molecule has 162 valence electrons. The highest BCUT2D eigenvalue weighted by Gasteiger charge is 2.13. The van der Waals surface area contributed by atoms with E-state index >= 15 is 0 Å². The number of nitrogens with zero attached hydrogens (tertiary/aromatic N) is 4. The van der Waals surface area contributed by atoms with Crippen molar-refractivity contribution in [2.75, 3.05) is 39.5 Å². The summed E-state index contributed by atoms with van der Waals surface area (Å²) in [6.07, 6.45) is 5.27. The Kier molecular flexibility index (Phi) is 11.2. The van der Waals surface area contributed by atoms with Gasteiger partial charge < -0.3 is 10.6 Å². The van der Waals surface area contributed by atoms with Crippen LogP contribution in [0.3, 0.4) is 0 Å². The first-order valence-electron chi connectivity index (χ1n) is 9.43. The van der Waals surface area contributed by atoms with Crippen LogP contribution in [-0.4, -0.2) is 67.9 Å². The summed E-state index contributed by atoms with van der Waals surface area (Å²) in [6.45, 7) is 3.55. The first kappa shape index (κ1) is 25.4. The number of guanidine groups is 1. The second-order valence-corrected chi connectivity index (χ2v) is 8.73. The monoisotopic (exact) mass is 534 g/mol. The number of benzene rings is 1. The van der Waals surface area contributed by atoms with Crippen LogP contribution in [0.2, 0.25) is 0 Å². The molecule has 1 aromatic carbocycles. The van der Waals surface area contributed by atoms with E-state index < -0.39 is 10.0 Å². The average molecular weight is 534 g/mol. The molecule has 0 saturated heterocycles. The minimum absolute atomic E-state index is 0. The van der Waals surface area contributed by atoms with Gasteiger partial charge >= 0.3 is 0 Å². The van der Waals surface area contributed by atoms with Gasteiger partial charge in [-0.3, -0.25) is 4.99 Å². The fourth-order valence-electron chi connectivity index (χ4n) is 2.65. The molecule has 0 unspecified atom stereocenters. The molecule has 0 radical (unpaired) electrons. The van der Waals surface area contributed by atoms with Crippen LogP contribution in [0.15, 0.2) is 47.7 Å². The van der Waals surface area contributed by atoms with E-state index in [4.69, 9.17) is 0 Å². The zero-order chi connectivity index (χ0) is 20.4. The van der Waals surface area contributed by atoms with Crippen molar-refractivity contribution < 1.29 is 8.42 Å². The van der Waals surface area contributed by atoms with E-state index in [1.807, 2.05) is 16.9 Å². The summed E-state index contributed by atoms with van der Waals surface area (Å²) in [5.41, 5.74) is 2.26. The van der Waals surface area contributed by atoms with Crippen LogP contribution in [0.25, 0.3) is 5.69 Å². The van der Waals surface area contributed by atoms with Crippen molar-refractivity contribution in [3.63, 3.8) is 0 Å². The SMILES string of the molecule is CCS(=O)(=O)N(C)CCCNC(=NC)NCCc1ccc(-n2cccn2)cc1.I. The Morgan fingerprint density at radius 2 is 1.90 bits per heavy atom. The Morgan fingerprint density at radius 1 is 1.21 bits per heavy atom. The molecule has 10 heteroatoms. The molecule has 0 saturated carbocycles. The fourth-order valence-corrected chi connectivity index (χ4v) is 3.50. The number of halogens is 1. The molecule has 0 aliphatic heterocycles. The van der Waals surface area contributed by atoms with E-state index in [2.05, 4.69) is 45.0 Å². The Hall–Kier alpha value is -1.66. The number of aromatic nitrogens is 2. The molecule has 8 nitrogen and oxygen atoms in total. The molecule has 2 N–H and O–H groups in total. The Morgan fingerprint density at radius 3 is 2.48 bits per heavy atom. The van der Waals surface area contributed by atoms with E-state index in [9.17, 15) is 8.42 Å². The molecule has 0 fully saturated rings. The van der Waals surface area contributed by atoms with Crippen molar-refractivity contribution in [3.8, 4) is 5.69 Å². The Balaban J connectivity index is 0.00000420. The number of nitrogens with one attached hydrogen (secondary N) is 2. The summed E-state index contributed by atoms with van der Waals surface area (Å²) in [7, 11) is 0.226. The van der Waals surface area contributed by atoms with Crippen molar-refractivity contribution in [2.45, 2.75) is 19.8 Å². The van der Waals surface area contributed by atoms with Gasteiger partial charge in [0.25, 0.3) is 0 Å². The number of aliphatic imine (C=N–C) groups is 1. The van der Waals surface area contributed by atoms with Crippen LogP contribution >= 0.6 is 24.0 Å². The van der Waals surface area contributed by atoms with Crippen LogP contribution < -0.4 is 10.6 Å². The molecule has 2 rings (SSSR count). The lowest BCUT2D eigenvalue weighted by Crippen LogP contribution is -2.39. The van der Waals surface area contributed by atoms with E-state index in [1.165, 1.54) is 9.87 Å². The van der Waals surface area contributed by atoms with E-state index in [0.717, 1.165) is 18.7 Å². The Bertz CT molecular complexity index is 838. The number of rotatable bonds is 10. The van der Waals surface area contributed by atoms with E-state index in [1.54, 1.807) is 27.2 Å². The van der Waals surface area contributed by atoms with E-state index in [0.29, 0.717) is 25.5 Å². The highest BCUT2D eigenvalue weighted by molar-refractivity contribution is 14.0. The maximum Gasteiger partial charge on any atom is 0.213 e. The second-order valence-electron chi connectivity index (χ2n) is 6.37. The fraction of sp³-hybridized carbons (Fsp3) is 0.474. The molecule has 0 aliphatic rings. The van der Waals surface area contributed by atoms with Gasteiger partial charge in [-0.15, -0.1) is 24.0 Å². The lowest BCUT2D eigenvalue weighted by Gasteiger charge is -2.17. The van der Waals surface area contributed by atoms with Crippen LogP contribution in [-0.2, 0) is 16.4 Å². The van der Waals surface area contributed by atoms with Crippen molar-refractivity contribution >= 4 is 40.0 Å². The molecule has 0 bridgehead atoms. The van der Waals surface area contributed by atoms with Gasteiger partial charge in [-0.05, 0) is 43.5 Å². The van der Waals surface area contributed by atoms with Crippen molar-refractivity contribution in [2.24, 2.45) is 4.99 Å². The first-order chi connectivity index (χ1) is 13.5. The summed E-state index contributed by atoms with van der Waals surface area (Å²) in [5.74, 6) is 0.845. The third-order valence-electron chi connectivity index (χ3n) is 4.42. The second kappa shape index (κ2) is 12.8. The molecule has 29 heavy (non-hydrogen) atoms. The summed E-state index contributed by atoms with van der Waals surface area (Å²) in [4.78, 5) is 4.20. The summed E-state index contributed by atoms with van der Waals surface area (Å²) < 4.78 is 26.7. The molecule has 0 amide bonds. The minimum Gasteiger partial charge on any atom is -0.356 e. The standard InChI is InChI=1S/C19H30N6O2S.HI/c1-4-28(26,27)24(3)15-5-12-21-19(20-2)22-14-11-17-7-9-18(10-8-17)25-16-6-13-23-25;/h6-10,13,16H,4-5,11-12,14-15H2,1-3H3,(H2,20,21,22);1H. The van der Waals surface area contributed by atoms with Crippen molar-refractivity contribution in [3.05, 3.63) is 48.3 Å². The maximum atomic E-state index is 11.7. The summed E-state index contributed by atoms with van der Waals surface area (Å²) in [5, 5.41) is 10.7. The molecule has 1 aromatic heterocycles. The molecule has 0 spiro atoms. The molecule has 1 heterocycles. The van der Waals surface area contributed by atoms with Gasteiger partial charge in [-0.1, -0.05) is 12.1 Å². The third kappa shape index (κ3) is 8.31. The van der Waals surface area contributed by atoms with Gasteiger partial charge in [-0.2, -0.15) is 5.10 Å². The zero-order valence-corrected chi connectivity index (χ0v) is 20.4. The van der Waals surface area contributed by atoms with Gasteiger partial charge in [0.05, 0.1) is 11.4 Å². The first-order valence-corrected chi connectivity index (χ1v) is 11.0. The van der Waals surface area contributed by atoms with Gasteiger partial charge in [0, 0.05) is 46.1 Å². The summed E-state index contributed by atoms with van der Waals surface area (Å²) >= 11 is 0. The molecule has 0 atom stereocenters. The highest BCUT2D eigenvalue weighted by atomic mass is 127. The smallest absolute Gasteiger partial charge is 0.213 e. The molecular formula is C19H31IN6O2S. The van der Waals surface area contributed by atoms with Crippen LogP contribution in [0.5, 0.6) is 0 Å². The van der Waals surface area contributed by atoms with Crippen molar-refractivity contribution in [1.29, 1.82) is 0 Å². The molecular weight excluding hydrogens is 503 g/mol. The average Bonchev–Trinajstić information content (AvgIpc) is 3.24. The predicted molar refractivity (Wildman–Crippen MR) is 129 cm³/mol. The van der Waals surface area contributed by atoms with Crippen LogP contribution in [0.4, 0.5) is 0 Å². The minimum atomic E-state index is -3.11. The largest absolute Gasteiger partial charge is 0.356 e. The maximum absolute atomic E-state index is 11.7. The lowest BCUT2D eigenvalue weighted by molar-refractivity contribution is 0.461. The van der Waals surface area contributed by atoms with Gasteiger partial charge in [-0.25, -0.2) is 17.4 Å². The third-order valence-corrected chi connectivity index (χ3v) is 6.28. The molecule has 2 aromatic rings. The zero-order valence-electron chi connectivity index (χ0n) is 17.2. The van der Waals surface area contributed by atoms with Gasteiger partial charge in [0.1, 0.15) is 0 Å². The van der Waals surface area contributed by atoms with Crippen LogP contribution in [0, 0.1) is 0 Å². The Labute approximate surface area is 190 Å². The summed E-state index contributed by atoms with van der Waals surface area (Å²) in [6, 6.07) is 10.2. The quantitative estimate of drug-likeness (QED) is 0.210. The van der Waals surface area contributed by atoms with Crippen LogP contribution in [0.1, 0.15) is 18.9 Å². The lowest BCUT2D eigenvalue weighted by atomic mass is 10.1.